The molecule has 2 heterocycles. The van der Waals surface area contributed by atoms with Crippen LogP contribution in [-0.4, -0.2) is 45.4 Å². The molecule has 0 aliphatic carbocycles. The van der Waals surface area contributed by atoms with Crippen LogP contribution in [0.15, 0.2) is 23.0 Å². The number of aromatic nitrogens is 2. The first kappa shape index (κ1) is 17.5. The summed E-state index contributed by atoms with van der Waals surface area (Å²) in [6.45, 7) is 5.79. The number of aryl methyl sites for hydroxylation is 1. The first-order valence-electron chi connectivity index (χ1n) is 8.47. The average molecular weight is 349 g/mol. The molecule has 1 aliphatic rings. The second-order valence-corrected chi connectivity index (χ2v) is 7.57. The maximum absolute atomic E-state index is 14.9. The number of carbonyl (C=O) groups excluding carboxylic acids is 1. The van der Waals surface area contributed by atoms with Gasteiger partial charge in [0.2, 0.25) is 0 Å². The summed E-state index contributed by atoms with van der Waals surface area (Å²) in [5.74, 6) is -0.358. The fourth-order valence-electron chi connectivity index (χ4n) is 3.38. The summed E-state index contributed by atoms with van der Waals surface area (Å²) in [5.41, 5.74) is 1.41. The predicted molar refractivity (Wildman–Crippen MR) is 93.6 cm³/mol. The van der Waals surface area contributed by atoms with Crippen molar-refractivity contribution in [2.75, 3.05) is 13.1 Å². The van der Waals surface area contributed by atoms with E-state index in [0.29, 0.717) is 18.5 Å². The molecule has 1 aromatic heterocycles. The number of nitrogens with zero attached hydrogens (tertiary/aromatic N) is 2. The van der Waals surface area contributed by atoms with E-state index < -0.39 is 17.9 Å². The number of nitrogens with one attached hydrogen (secondary N) is 1. The highest BCUT2D eigenvalue weighted by molar-refractivity contribution is 5.79. The van der Waals surface area contributed by atoms with Gasteiger partial charge in [-0.15, -0.1) is 0 Å². The van der Waals surface area contributed by atoms with Gasteiger partial charge in [-0.05, 0) is 38.8 Å². The SMILES string of the molecule is Cn1c(=O)[nH]c2cccc([C@@H]3CCN(C(=O)OC(C)(C)C)C[C@H]3F)c21. The Morgan fingerprint density at radius 2 is 2.08 bits per heavy atom. The number of aromatic amines is 1. The van der Waals surface area contributed by atoms with E-state index in [9.17, 15) is 14.0 Å². The van der Waals surface area contributed by atoms with E-state index in [-0.39, 0.29) is 18.2 Å². The van der Waals surface area contributed by atoms with Gasteiger partial charge in [-0.3, -0.25) is 4.57 Å². The van der Waals surface area contributed by atoms with Gasteiger partial charge in [0.15, 0.2) is 0 Å². The number of ether oxygens (including phenoxy) is 1. The van der Waals surface area contributed by atoms with Crippen LogP contribution in [0.4, 0.5) is 9.18 Å². The maximum atomic E-state index is 14.9. The van der Waals surface area contributed by atoms with Crippen molar-refractivity contribution in [2.45, 2.75) is 44.9 Å². The highest BCUT2D eigenvalue weighted by Crippen LogP contribution is 2.34. The Hall–Kier alpha value is -2.31. The molecule has 1 aromatic carbocycles. The minimum absolute atomic E-state index is 0.00562. The van der Waals surface area contributed by atoms with E-state index in [1.165, 1.54) is 9.47 Å². The zero-order valence-corrected chi connectivity index (χ0v) is 15.0. The fourth-order valence-corrected chi connectivity index (χ4v) is 3.38. The van der Waals surface area contributed by atoms with E-state index in [4.69, 9.17) is 4.74 Å². The minimum Gasteiger partial charge on any atom is -0.444 e. The third kappa shape index (κ3) is 3.41. The van der Waals surface area contributed by atoms with E-state index in [1.807, 2.05) is 18.2 Å². The average Bonchev–Trinajstić information content (AvgIpc) is 2.80. The lowest BCUT2D eigenvalue weighted by molar-refractivity contribution is 0.0112. The molecule has 0 spiro atoms. The summed E-state index contributed by atoms with van der Waals surface area (Å²) in [6.07, 6.45) is -1.21. The number of piperidine rings is 1. The lowest BCUT2D eigenvalue weighted by atomic mass is 9.87. The van der Waals surface area contributed by atoms with Crippen LogP contribution in [0.3, 0.4) is 0 Å². The molecule has 1 aliphatic heterocycles. The molecule has 1 saturated heterocycles. The van der Waals surface area contributed by atoms with Crippen molar-refractivity contribution in [1.82, 2.24) is 14.5 Å². The Bertz CT molecular complexity index is 849. The number of carbonyl (C=O) groups is 1. The third-order valence-electron chi connectivity index (χ3n) is 4.54. The summed E-state index contributed by atoms with van der Waals surface area (Å²) in [5, 5.41) is 0. The third-order valence-corrected chi connectivity index (χ3v) is 4.54. The number of amides is 1. The van der Waals surface area contributed by atoms with Crippen LogP contribution in [0.5, 0.6) is 0 Å². The quantitative estimate of drug-likeness (QED) is 0.861. The molecular weight excluding hydrogens is 325 g/mol. The van der Waals surface area contributed by atoms with Crippen LogP contribution < -0.4 is 5.69 Å². The molecule has 0 unspecified atom stereocenters. The van der Waals surface area contributed by atoms with E-state index in [2.05, 4.69) is 4.98 Å². The first-order chi connectivity index (χ1) is 11.7. The van der Waals surface area contributed by atoms with E-state index >= 15 is 0 Å². The van der Waals surface area contributed by atoms with Gasteiger partial charge in [-0.1, -0.05) is 12.1 Å². The van der Waals surface area contributed by atoms with Gasteiger partial charge < -0.3 is 14.6 Å². The number of halogens is 1. The Balaban J connectivity index is 1.83. The molecule has 7 heteroatoms. The van der Waals surface area contributed by atoms with Crippen molar-refractivity contribution in [3.8, 4) is 0 Å². The molecule has 3 rings (SSSR count). The van der Waals surface area contributed by atoms with Gasteiger partial charge in [-0.2, -0.15) is 0 Å². The van der Waals surface area contributed by atoms with Crippen molar-refractivity contribution in [3.63, 3.8) is 0 Å². The van der Waals surface area contributed by atoms with Crippen molar-refractivity contribution < 1.29 is 13.9 Å². The largest absolute Gasteiger partial charge is 0.444 e. The number of hydrogen-bond acceptors (Lipinski definition) is 3. The summed E-state index contributed by atoms with van der Waals surface area (Å²) in [7, 11) is 1.67. The van der Waals surface area contributed by atoms with Crippen molar-refractivity contribution in [3.05, 3.63) is 34.2 Å². The maximum Gasteiger partial charge on any atom is 0.410 e. The smallest absolute Gasteiger partial charge is 0.410 e. The van der Waals surface area contributed by atoms with Gasteiger partial charge >= 0.3 is 11.8 Å². The number of para-hydroxylation sites is 1. The molecule has 0 saturated carbocycles. The van der Waals surface area contributed by atoms with Crippen molar-refractivity contribution >= 4 is 17.1 Å². The lowest BCUT2D eigenvalue weighted by Gasteiger charge is -2.36. The Morgan fingerprint density at radius 3 is 2.72 bits per heavy atom. The fraction of sp³-hybridized carbons (Fsp3) is 0.556. The summed E-state index contributed by atoms with van der Waals surface area (Å²) >= 11 is 0. The first-order valence-corrected chi connectivity index (χ1v) is 8.47. The number of likely N-dealkylation sites (tertiary alicyclic amines) is 1. The van der Waals surface area contributed by atoms with Gasteiger partial charge in [0.05, 0.1) is 17.6 Å². The second kappa shape index (κ2) is 6.20. The topological polar surface area (TPSA) is 67.3 Å². The normalized spacial score (nSPS) is 21.6. The van der Waals surface area contributed by atoms with Crippen molar-refractivity contribution in [1.29, 1.82) is 0 Å². The van der Waals surface area contributed by atoms with Crippen LogP contribution in [0, 0.1) is 0 Å². The molecule has 6 nitrogen and oxygen atoms in total. The molecule has 136 valence electrons. The molecule has 1 N–H and O–H groups in total. The van der Waals surface area contributed by atoms with Crippen LogP contribution in [0.25, 0.3) is 11.0 Å². The Morgan fingerprint density at radius 1 is 1.36 bits per heavy atom. The number of rotatable bonds is 1. The zero-order chi connectivity index (χ0) is 18.4. The Labute approximate surface area is 145 Å². The second-order valence-electron chi connectivity index (χ2n) is 7.57. The van der Waals surface area contributed by atoms with Crippen LogP contribution >= 0.6 is 0 Å². The van der Waals surface area contributed by atoms with Gasteiger partial charge in [-0.25, -0.2) is 14.0 Å². The number of fused-ring (bicyclic) bond motifs is 1. The van der Waals surface area contributed by atoms with Crippen molar-refractivity contribution in [2.24, 2.45) is 7.05 Å². The number of imidazole rings is 1. The summed E-state index contributed by atoms with van der Waals surface area (Å²) in [4.78, 5) is 28.2. The number of hydrogen-bond donors (Lipinski definition) is 1. The van der Waals surface area contributed by atoms with E-state index in [1.54, 1.807) is 27.8 Å². The number of H-pyrrole nitrogens is 1. The predicted octanol–water partition coefficient (Wildman–Crippen LogP) is 2.93. The molecular formula is C18H24FN3O3. The Kier molecular flexibility index (Phi) is 4.34. The molecule has 1 amide bonds. The van der Waals surface area contributed by atoms with Gasteiger partial charge in [0, 0.05) is 19.5 Å². The molecule has 0 bridgehead atoms. The highest BCUT2D eigenvalue weighted by Gasteiger charge is 2.35. The van der Waals surface area contributed by atoms with Crippen LogP contribution in [0.1, 0.15) is 38.7 Å². The van der Waals surface area contributed by atoms with Crippen LogP contribution in [-0.2, 0) is 11.8 Å². The molecule has 2 atom stereocenters. The number of alkyl halides is 1. The standard InChI is InChI=1S/C18H24FN3O3/c1-18(2,3)25-17(24)22-9-8-11(13(19)10-22)12-6-5-7-14-15(12)21(4)16(23)20-14/h5-7,11,13H,8-10H2,1-4H3,(H,20,23)/t11-,13+/m0/s1. The summed E-state index contributed by atoms with van der Waals surface area (Å²) in [6, 6.07) is 5.49. The summed E-state index contributed by atoms with van der Waals surface area (Å²) < 4.78 is 21.7. The van der Waals surface area contributed by atoms with E-state index in [0.717, 1.165) is 11.1 Å². The van der Waals surface area contributed by atoms with Crippen LogP contribution in [0.2, 0.25) is 0 Å². The highest BCUT2D eigenvalue weighted by atomic mass is 19.1. The molecule has 25 heavy (non-hydrogen) atoms. The van der Waals surface area contributed by atoms with Gasteiger partial charge in [0.25, 0.3) is 0 Å². The number of benzene rings is 1. The molecule has 0 radical (unpaired) electrons. The van der Waals surface area contributed by atoms with Gasteiger partial charge in [0.1, 0.15) is 11.8 Å². The minimum atomic E-state index is -1.21. The molecule has 1 fully saturated rings. The lowest BCUT2D eigenvalue weighted by Crippen LogP contribution is -2.46. The monoisotopic (exact) mass is 349 g/mol. The molecule has 2 aromatic rings. The zero-order valence-electron chi connectivity index (χ0n) is 15.0.